The predicted octanol–water partition coefficient (Wildman–Crippen LogP) is 1.97. The lowest BCUT2D eigenvalue weighted by atomic mass is 10.1. The van der Waals surface area contributed by atoms with Crippen LogP contribution in [0.2, 0.25) is 0 Å². The van der Waals surface area contributed by atoms with Gasteiger partial charge in [-0.15, -0.1) is 0 Å². The van der Waals surface area contributed by atoms with Gasteiger partial charge in [-0.25, -0.2) is 4.98 Å². The Morgan fingerprint density at radius 3 is 2.52 bits per heavy atom. The van der Waals surface area contributed by atoms with Crippen LogP contribution >= 0.6 is 12.2 Å². The van der Waals surface area contributed by atoms with Crippen LogP contribution in [-0.4, -0.2) is 21.5 Å². The molecule has 1 fully saturated rings. The fraction of sp³-hybridized carbons (Fsp3) is 0.333. The smallest absolute Gasteiger partial charge is 0.348 e. The standard InChI is InChI=1S/C12H9F3N4OS/c1-11(2)9(20)19(10(21)18-11)8-5-17-6(4-16)3-7(8)12(13,14)15/h3,5H,1-2H3,(H,18,21). The maximum Gasteiger partial charge on any atom is 0.418 e. The zero-order chi connectivity index (χ0) is 16.0. The van der Waals surface area contributed by atoms with Crippen LogP contribution in [0.15, 0.2) is 12.3 Å². The van der Waals surface area contributed by atoms with E-state index in [1.807, 2.05) is 0 Å². The highest BCUT2D eigenvalue weighted by atomic mass is 32.1. The Balaban J connectivity index is 2.63. The molecule has 1 aliphatic rings. The summed E-state index contributed by atoms with van der Waals surface area (Å²) in [7, 11) is 0. The molecule has 5 nitrogen and oxygen atoms in total. The van der Waals surface area contributed by atoms with Crippen LogP contribution in [0, 0.1) is 11.3 Å². The maximum atomic E-state index is 13.1. The summed E-state index contributed by atoms with van der Waals surface area (Å²) in [5, 5.41) is 11.2. The molecule has 0 aromatic carbocycles. The van der Waals surface area contributed by atoms with Crippen LogP contribution in [-0.2, 0) is 11.0 Å². The van der Waals surface area contributed by atoms with E-state index in [1.165, 1.54) is 19.9 Å². The molecule has 0 saturated carbocycles. The van der Waals surface area contributed by atoms with Crippen LogP contribution in [0.1, 0.15) is 25.1 Å². The molecule has 1 aromatic heterocycles. The molecule has 1 aromatic rings. The molecule has 0 aliphatic carbocycles. The van der Waals surface area contributed by atoms with E-state index in [0.29, 0.717) is 6.07 Å². The molecule has 0 bridgehead atoms. The van der Waals surface area contributed by atoms with Gasteiger partial charge in [0.25, 0.3) is 5.91 Å². The Bertz CT molecular complexity index is 678. The molecule has 1 aliphatic heterocycles. The summed E-state index contributed by atoms with van der Waals surface area (Å²) in [6, 6.07) is 2.13. The molecule has 2 heterocycles. The number of halogens is 3. The van der Waals surface area contributed by atoms with E-state index < -0.39 is 34.6 Å². The predicted molar refractivity (Wildman–Crippen MR) is 71.3 cm³/mol. The third-order valence-electron chi connectivity index (χ3n) is 2.90. The van der Waals surface area contributed by atoms with Gasteiger partial charge in [0.15, 0.2) is 5.11 Å². The minimum Gasteiger partial charge on any atom is -0.348 e. The van der Waals surface area contributed by atoms with Crippen LogP contribution < -0.4 is 10.2 Å². The van der Waals surface area contributed by atoms with Crippen molar-refractivity contribution in [3.63, 3.8) is 0 Å². The van der Waals surface area contributed by atoms with E-state index >= 15 is 0 Å². The lowest BCUT2D eigenvalue weighted by Gasteiger charge is -2.20. The lowest BCUT2D eigenvalue weighted by molar-refractivity contribution is -0.137. The summed E-state index contributed by atoms with van der Waals surface area (Å²) < 4.78 is 39.4. The van der Waals surface area contributed by atoms with Crippen molar-refractivity contribution < 1.29 is 18.0 Å². The quantitative estimate of drug-likeness (QED) is 0.803. The molecule has 9 heteroatoms. The highest BCUT2D eigenvalue weighted by molar-refractivity contribution is 7.80. The number of nitrogens with one attached hydrogen (secondary N) is 1. The van der Waals surface area contributed by atoms with Crippen molar-refractivity contribution in [1.82, 2.24) is 10.3 Å². The summed E-state index contributed by atoms with van der Waals surface area (Å²) in [6.07, 6.45) is -3.92. The Kier molecular flexibility index (Phi) is 3.37. The van der Waals surface area contributed by atoms with Gasteiger partial charge in [0.05, 0.1) is 17.4 Å². The lowest BCUT2D eigenvalue weighted by Crippen LogP contribution is -2.40. The summed E-state index contributed by atoms with van der Waals surface area (Å²) in [4.78, 5) is 16.5. The first-order chi connectivity index (χ1) is 9.58. The molecule has 0 atom stereocenters. The third kappa shape index (κ3) is 2.54. The van der Waals surface area contributed by atoms with Crippen molar-refractivity contribution in [1.29, 1.82) is 5.26 Å². The summed E-state index contributed by atoms with van der Waals surface area (Å²) >= 11 is 4.93. The molecule has 1 amide bonds. The summed E-state index contributed by atoms with van der Waals surface area (Å²) in [5.74, 6) is -0.621. The number of aromatic nitrogens is 1. The second kappa shape index (κ2) is 4.66. The van der Waals surface area contributed by atoms with Gasteiger partial charge in [0.2, 0.25) is 0 Å². The van der Waals surface area contributed by atoms with Crippen molar-refractivity contribution in [2.24, 2.45) is 0 Å². The van der Waals surface area contributed by atoms with Crippen molar-refractivity contribution in [2.75, 3.05) is 4.90 Å². The minimum atomic E-state index is -4.74. The van der Waals surface area contributed by atoms with E-state index in [4.69, 9.17) is 17.5 Å². The highest BCUT2D eigenvalue weighted by Gasteiger charge is 2.46. The number of hydrogen-bond acceptors (Lipinski definition) is 4. The van der Waals surface area contributed by atoms with Crippen LogP contribution in [0.4, 0.5) is 18.9 Å². The Labute approximate surface area is 123 Å². The van der Waals surface area contributed by atoms with Crippen LogP contribution in [0.25, 0.3) is 0 Å². The molecular weight excluding hydrogens is 305 g/mol. The highest BCUT2D eigenvalue weighted by Crippen LogP contribution is 2.38. The first kappa shape index (κ1) is 15.2. The molecular formula is C12H9F3N4OS. The zero-order valence-electron chi connectivity index (χ0n) is 10.9. The number of hydrogen-bond donors (Lipinski definition) is 1. The third-order valence-corrected chi connectivity index (χ3v) is 3.19. The average molecular weight is 314 g/mol. The first-order valence-electron chi connectivity index (χ1n) is 5.72. The minimum absolute atomic E-state index is 0.137. The molecule has 0 spiro atoms. The topological polar surface area (TPSA) is 69.0 Å². The second-order valence-electron chi connectivity index (χ2n) is 4.89. The number of rotatable bonds is 1. The molecule has 0 radical (unpaired) electrons. The van der Waals surface area contributed by atoms with E-state index in [2.05, 4.69) is 10.3 Å². The van der Waals surface area contributed by atoms with Crippen LogP contribution in [0.5, 0.6) is 0 Å². The van der Waals surface area contributed by atoms with E-state index in [1.54, 1.807) is 0 Å². The number of carbonyl (C=O) groups is 1. The molecule has 110 valence electrons. The van der Waals surface area contributed by atoms with E-state index in [9.17, 15) is 18.0 Å². The first-order valence-corrected chi connectivity index (χ1v) is 6.13. The van der Waals surface area contributed by atoms with Gasteiger partial charge in [0.1, 0.15) is 17.3 Å². The second-order valence-corrected chi connectivity index (χ2v) is 5.28. The number of thiocarbonyl (C=S) groups is 1. The van der Waals surface area contributed by atoms with E-state index in [-0.39, 0.29) is 5.11 Å². The number of alkyl halides is 3. The van der Waals surface area contributed by atoms with Crippen molar-refractivity contribution in [3.05, 3.63) is 23.5 Å². The SMILES string of the molecule is CC1(C)NC(=S)N(c2cnc(C#N)cc2C(F)(F)F)C1=O. The van der Waals surface area contributed by atoms with Crippen molar-refractivity contribution in [2.45, 2.75) is 25.6 Å². The monoisotopic (exact) mass is 314 g/mol. The Morgan fingerprint density at radius 2 is 2.10 bits per heavy atom. The van der Waals surface area contributed by atoms with Gasteiger partial charge in [0, 0.05) is 0 Å². The van der Waals surface area contributed by atoms with Gasteiger partial charge in [-0.3, -0.25) is 9.69 Å². The number of anilines is 1. The number of carbonyl (C=O) groups excluding carboxylic acids is 1. The maximum absolute atomic E-state index is 13.1. The molecule has 2 rings (SSSR count). The molecule has 1 N–H and O–H groups in total. The van der Waals surface area contributed by atoms with E-state index in [0.717, 1.165) is 11.1 Å². The van der Waals surface area contributed by atoms with Crippen molar-refractivity contribution in [3.8, 4) is 6.07 Å². The van der Waals surface area contributed by atoms with Gasteiger partial charge in [-0.1, -0.05) is 0 Å². The molecule has 0 unspecified atom stereocenters. The Hall–Kier alpha value is -2.21. The fourth-order valence-corrected chi connectivity index (χ4v) is 2.32. The van der Waals surface area contributed by atoms with Crippen molar-refractivity contribution >= 4 is 28.9 Å². The molecule has 21 heavy (non-hydrogen) atoms. The Morgan fingerprint density at radius 1 is 1.48 bits per heavy atom. The zero-order valence-corrected chi connectivity index (χ0v) is 11.8. The normalized spacial score (nSPS) is 17.6. The summed E-state index contributed by atoms with van der Waals surface area (Å²) in [6.45, 7) is 3.01. The van der Waals surface area contributed by atoms with Gasteiger partial charge < -0.3 is 5.32 Å². The number of pyridine rings is 1. The van der Waals surface area contributed by atoms with Crippen LogP contribution in [0.3, 0.4) is 0 Å². The molecule has 1 saturated heterocycles. The number of amides is 1. The van der Waals surface area contributed by atoms with Gasteiger partial charge in [-0.2, -0.15) is 18.4 Å². The largest absolute Gasteiger partial charge is 0.418 e. The average Bonchev–Trinajstić information content (AvgIpc) is 2.57. The fourth-order valence-electron chi connectivity index (χ4n) is 1.88. The van der Waals surface area contributed by atoms with Gasteiger partial charge in [-0.05, 0) is 32.1 Å². The summed E-state index contributed by atoms with van der Waals surface area (Å²) in [5.41, 5.74) is -3.12. The number of nitriles is 1. The number of nitrogens with zero attached hydrogens (tertiary/aromatic N) is 3. The van der Waals surface area contributed by atoms with Gasteiger partial charge >= 0.3 is 6.18 Å².